The molecule has 1 aliphatic heterocycles. The summed E-state index contributed by atoms with van der Waals surface area (Å²) < 4.78 is 6.25. The van der Waals surface area contributed by atoms with E-state index < -0.39 is 10.0 Å². The Balaban J connectivity index is 1.95. The van der Waals surface area contributed by atoms with E-state index in [1.807, 2.05) is 0 Å². The molecular formula is C20H28NOPS. The maximum Gasteiger partial charge on any atom is 0.0848 e. The Morgan fingerprint density at radius 1 is 1.08 bits per heavy atom. The SMILES string of the molecule is CPO[C@H](CS(C)(c1ccccc1)c1ccccc1)[C@@H]1CCCN1. The van der Waals surface area contributed by atoms with Gasteiger partial charge in [-0.25, -0.2) is 0 Å². The minimum Gasteiger partial charge on any atom is -0.357 e. The number of hydrogen-bond donors (Lipinski definition) is 1. The first-order valence-electron chi connectivity index (χ1n) is 8.66. The Morgan fingerprint density at radius 2 is 1.67 bits per heavy atom. The predicted octanol–water partition coefficient (Wildman–Crippen LogP) is 4.90. The zero-order valence-corrected chi connectivity index (χ0v) is 16.4. The first-order valence-corrected chi connectivity index (χ1v) is 12.3. The first kappa shape index (κ1) is 17.9. The molecule has 4 heteroatoms. The Labute approximate surface area is 149 Å². The molecule has 130 valence electrons. The molecule has 2 aromatic carbocycles. The third-order valence-electron chi connectivity index (χ3n) is 4.84. The standard InChI is InChI=1S/C20H28NOPS/c1-23-22-20(19-14-9-15-21-19)16-24(2,17-10-5-3-6-11-17)18-12-7-4-8-13-18/h3-8,10-13,19-21,23H,9,14-16H2,1-2H3/t19-,20+/m0/s1. The molecule has 0 radical (unpaired) electrons. The lowest BCUT2D eigenvalue weighted by molar-refractivity contribution is 0.211. The number of rotatable bonds is 7. The Bertz CT molecular complexity index is 577. The van der Waals surface area contributed by atoms with E-state index in [0.29, 0.717) is 14.8 Å². The Kier molecular flexibility index (Phi) is 6.35. The molecule has 0 aromatic heterocycles. The molecule has 0 amide bonds. The molecule has 0 bridgehead atoms. The highest BCUT2D eigenvalue weighted by atomic mass is 32.3. The number of benzene rings is 2. The lowest BCUT2D eigenvalue weighted by Crippen LogP contribution is -2.39. The topological polar surface area (TPSA) is 21.3 Å². The van der Waals surface area contributed by atoms with E-state index in [4.69, 9.17) is 4.52 Å². The van der Waals surface area contributed by atoms with Gasteiger partial charge in [-0.05, 0) is 66.4 Å². The molecule has 3 rings (SSSR count). The molecule has 24 heavy (non-hydrogen) atoms. The summed E-state index contributed by atoms with van der Waals surface area (Å²) in [6.07, 6.45) is 5.23. The lowest BCUT2D eigenvalue weighted by Gasteiger charge is -2.41. The second kappa shape index (κ2) is 8.49. The molecule has 0 aliphatic carbocycles. The van der Waals surface area contributed by atoms with Crippen LogP contribution in [0.2, 0.25) is 0 Å². The average Bonchev–Trinajstić information content (AvgIpc) is 3.17. The van der Waals surface area contributed by atoms with Crippen LogP contribution in [0.3, 0.4) is 0 Å². The van der Waals surface area contributed by atoms with Crippen LogP contribution in [0.1, 0.15) is 12.8 Å². The van der Waals surface area contributed by atoms with Gasteiger partial charge in [-0.15, -0.1) is 0 Å². The van der Waals surface area contributed by atoms with Gasteiger partial charge in [0.2, 0.25) is 0 Å². The van der Waals surface area contributed by atoms with Gasteiger partial charge < -0.3 is 9.84 Å². The highest BCUT2D eigenvalue weighted by molar-refractivity contribution is 8.33. The zero-order chi connectivity index (χ0) is 16.8. The van der Waals surface area contributed by atoms with Crippen LogP contribution in [0, 0.1) is 0 Å². The van der Waals surface area contributed by atoms with Crippen molar-refractivity contribution < 1.29 is 4.52 Å². The highest BCUT2D eigenvalue weighted by Gasteiger charge is 2.33. The van der Waals surface area contributed by atoms with Gasteiger partial charge in [0.1, 0.15) is 0 Å². The van der Waals surface area contributed by atoms with Crippen LogP contribution in [0.5, 0.6) is 0 Å². The van der Waals surface area contributed by atoms with Gasteiger partial charge in [0, 0.05) is 20.6 Å². The van der Waals surface area contributed by atoms with E-state index in [0.717, 1.165) is 12.3 Å². The molecule has 1 N–H and O–H groups in total. The second-order valence-corrected chi connectivity index (χ2v) is 10.5. The van der Waals surface area contributed by atoms with Crippen molar-refractivity contribution in [3.8, 4) is 0 Å². The van der Waals surface area contributed by atoms with Crippen LogP contribution in [0.15, 0.2) is 70.5 Å². The Hall–Kier alpha value is -0.860. The summed E-state index contributed by atoms with van der Waals surface area (Å²) in [5, 5.41) is 3.66. The maximum atomic E-state index is 6.25. The number of hydrogen-bond acceptors (Lipinski definition) is 2. The van der Waals surface area contributed by atoms with Crippen molar-refractivity contribution in [3.63, 3.8) is 0 Å². The zero-order valence-electron chi connectivity index (χ0n) is 14.6. The van der Waals surface area contributed by atoms with E-state index in [1.165, 1.54) is 22.6 Å². The van der Waals surface area contributed by atoms with Gasteiger partial charge in [-0.3, -0.25) is 0 Å². The summed E-state index contributed by atoms with van der Waals surface area (Å²) in [7, 11) is -0.577. The van der Waals surface area contributed by atoms with E-state index in [-0.39, 0.29) is 6.10 Å². The van der Waals surface area contributed by atoms with Gasteiger partial charge in [0.15, 0.2) is 0 Å². The summed E-state index contributed by atoms with van der Waals surface area (Å²) in [4.78, 5) is 2.89. The lowest BCUT2D eigenvalue weighted by atomic mass is 10.1. The van der Waals surface area contributed by atoms with Crippen LogP contribution < -0.4 is 5.32 Å². The summed E-state index contributed by atoms with van der Waals surface area (Å²) >= 11 is 0. The van der Waals surface area contributed by atoms with Crippen LogP contribution in [0.25, 0.3) is 0 Å². The third-order valence-corrected chi connectivity index (χ3v) is 9.00. The van der Waals surface area contributed by atoms with Crippen molar-refractivity contribution in [3.05, 3.63) is 60.7 Å². The second-order valence-electron chi connectivity index (χ2n) is 6.44. The van der Waals surface area contributed by atoms with Gasteiger partial charge in [0.25, 0.3) is 0 Å². The normalized spacial score (nSPS) is 20.5. The fourth-order valence-electron chi connectivity index (χ4n) is 3.51. The number of nitrogens with one attached hydrogen (secondary N) is 1. The molecule has 2 nitrogen and oxygen atoms in total. The molecule has 1 unspecified atom stereocenters. The molecule has 1 heterocycles. The van der Waals surface area contributed by atoms with Gasteiger partial charge in [-0.1, -0.05) is 36.4 Å². The molecule has 3 atom stereocenters. The largest absolute Gasteiger partial charge is 0.357 e. The molecule has 0 spiro atoms. The molecule has 1 saturated heterocycles. The summed E-state index contributed by atoms with van der Waals surface area (Å²) in [5.41, 5.74) is 0. The predicted molar refractivity (Wildman–Crippen MR) is 108 cm³/mol. The third kappa shape index (κ3) is 4.03. The van der Waals surface area contributed by atoms with Crippen molar-refractivity contribution in [2.45, 2.75) is 34.8 Å². The molecular weight excluding hydrogens is 333 g/mol. The minimum atomic E-state index is -1.12. The van der Waals surface area contributed by atoms with Crippen LogP contribution >= 0.6 is 18.8 Å². The molecule has 1 aliphatic rings. The maximum absolute atomic E-state index is 6.25. The van der Waals surface area contributed by atoms with Crippen molar-refractivity contribution in [2.75, 3.05) is 25.2 Å². The molecule has 0 saturated carbocycles. The van der Waals surface area contributed by atoms with E-state index in [9.17, 15) is 0 Å². The Morgan fingerprint density at radius 3 is 2.12 bits per heavy atom. The summed E-state index contributed by atoms with van der Waals surface area (Å²) in [6, 6.07) is 22.5. The van der Waals surface area contributed by atoms with E-state index in [1.54, 1.807) is 0 Å². The minimum absolute atomic E-state index is 0.288. The van der Waals surface area contributed by atoms with Gasteiger partial charge in [0.05, 0.1) is 6.10 Å². The smallest absolute Gasteiger partial charge is 0.0848 e. The van der Waals surface area contributed by atoms with Crippen LogP contribution in [-0.2, 0) is 4.52 Å². The fourth-order valence-corrected chi connectivity index (χ4v) is 7.31. The molecule has 1 fully saturated rings. The van der Waals surface area contributed by atoms with Crippen LogP contribution in [-0.4, -0.2) is 37.4 Å². The molecule has 2 aromatic rings. The van der Waals surface area contributed by atoms with Crippen molar-refractivity contribution >= 4 is 18.8 Å². The summed E-state index contributed by atoms with van der Waals surface area (Å²) in [6.45, 7) is 3.26. The van der Waals surface area contributed by atoms with Gasteiger partial charge in [-0.2, -0.15) is 10.0 Å². The van der Waals surface area contributed by atoms with Crippen molar-refractivity contribution in [1.82, 2.24) is 5.32 Å². The van der Waals surface area contributed by atoms with Crippen molar-refractivity contribution in [1.29, 1.82) is 0 Å². The average molecular weight is 361 g/mol. The van der Waals surface area contributed by atoms with Crippen LogP contribution in [0.4, 0.5) is 0 Å². The van der Waals surface area contributed by atoms with E-state index >= 15 is 0 Å². The van der Waals surface area contributed by atoms with Crippen molar-refractivity contribution in [2.24, 2.45) is 0 Å². The van der Waals surface area contributed by atoms with Gasteiger partial charge >= 0.3 is 0 Å². The summed E-state index contributed by atoms with van der Waals surface area (Å²) in [5.74, 6) is 1.08. The fraction of sp³-hybridized carbons (Fsp3) is 0.400. The highest BCUT2D eigenvalue weighted by Crippen LogP contribution is 2.60. The van der Waals surface area contributed by atoms with E-state index in [2.05, 4.69) is 78.9 Å². The monoisotopic (exact) mass is 361 g/mol. The quantitative estimate of drug-likeness (QED) is 0.708. The first-order chi connectivity index (χ1) is 11.7.